The number of carbonyl (C=O) groups excluding carboxylic acids is 1. The van der Waals surface area contributed by atoms with Gasteiger partial charge in [-0.15, -0.1) is 0 Å². The van der Waals surface area contributed by atoms with E-state index in [2.05, 4.69) is 21.2 Å². The Morgan fingerprint density at radius 2 is 1.90 bits per heavy atom. The number of nitrogens with two attached hydrogens (primary N) is 1. The SMILES string of the molecule is NCc1cc(Br)ccc1CCOC(=O)Nc1ccccc1. The minimum atomic E-state index is -0.451. The van der Waals surface area contributed by atoms with Gasteiger partial charge in [0.25, 0.3) is 0 Å². The van der Waals surface area contributed by atoms with Gasteiger partial charge in [0.15, 0.2) is 0 Å². The Morgan fingerprint density at radius 3 is 2.62 bits per heavy atom. The van der Waals surface area contributed by atoms with Crippen LogP contribution in [-0.2, 0) is 17.7 Å². The van der Waals surface area contributed by atoms with Crippen LogP contribution in [0.5, 0.6) is 0 Å². The number of anilines is 1. The first-order valence-corrected chi connectivity index (χ1v) is 7.44. The van der Waals surface area contributed by atoms with Gasteiger partial charge in [-0.1, -0.05) is 40.2 Å². The molecule has 1 amide bonds. The van der Waals surface area contributed by atoms with Gasteiger partial charge in [0.1, 0.15) is 0 Å². The van der Waals surface area contributed by atoms with E-state index in [1.54, 1.807) is 0 Å². The minimum absolute atomic E-state index is 0.313. The average Bonchev–Trinajstić information content (AvgIpc) is 2.49. The van der Waals surface area contributed by atoms with Crippen LogP contribution in [0.25, 0.3) is 0 Å². The van der Waals surface area contributed by atoms with Crippen LogP contribution in [0.15, 0.2) is 53.0 Å². The second kappa shape index (κ2) is 7.81. The van der Waals surface area contributed by atoms with Crippen molar-refractivity contribution in [2.75, 3.05) is 11.9 Å². The van der Waals surface area contributed by atoms with Gasteiger partial charge in [0.05, 0.1) is 6.61 Å². The number of hydrogen-bond donors (Lipinski definition) is 2. The molecular formula is C16H17BrN2O2. The van der Waals surface area contributed by atoms with E-state index in [1.165, 1.54) is 0 Å². The van der Waals surface area contributed by atoms with Gasteiger partial charge in [-0.3, -0.25) is 5.32 Å². The standard InChI is InChI=1S/C16H17BrN2O2/c17-14-7-6-12(13(10-14)11-18)8-9-21-16(20)19-15-4-2-1-3-5-15/h1-7,10H,8-9,11,18H2,(H,19,20). The highest BCUT2D eigenvalue weighted by atomic mass is 79.9. The zero-order valence-electron chi connectivity index (χ0n) is 11.5. The number of halogens is 1. The number of carbonyl (C=O) groups is 1. The maximum atomic E-state index is 11.6. The molecule has 0 heterocycles. The van der Waals surface area contributed by atoms with Crippen LogP contribution < -0.4 is 11.1 Å². The lowest BCUT2D eigenvalue weighted by Gasteiger charge is -2.10. The van der Waals surface area contributed by atoms with E-state index in [4.69, 9.17) is 10.5 Å². The summed E-state index contributed by atoms with van der Waals surface area (Å²) in [5.41, 5.74) is 8.57. The maximum Gasteiger partial charge on any atom is 0.411 e. The zero-order chi connectivity index (χ0) is 15.1. The molecule has 0 aromatic heterocycles. The molecule has 4 nitrogen and oxygen atoms in total. The maximum absolute atomic E-state index is 11.6. The molecule has 2 aromatic rings. The monoisotopic (exact) mass is 348 g/mol. The van der Waals surface area contributed by atoms with Crippen LogP contribution in [0.3, 0.4) is 0 Å². The van der Waals surface area contributed by atoms with Crippen LogP contribution in [0, 0.1) is 0 Å². The third-order valence-corrected chi connectivity index (χ3v) is 3.51. The molecule has 0 unspecified atom stereocenters. The molecule has 2 rings (SSSR count). The topological polar surface area (TPSA) is 64.3 Å². The number of hydrogen-bond acceptors (Lipinski definition) is 3. The Morgan fingerprint density at radius 1 is 1.14 bits per heavy atom. The zero-order valence-corrected chi connectivity index (χ0v) is 13.1. The Kier molecular flexibility index (Phi) is 5.78. The number of rotatable bonds is 5. The van der Waals surface area contributed by atoms with Crippen molar-refractivity contribution in [3.63, 3.8) is 0 Å². The fraction of sp³-hybridized carbons (Fsp3) is 0.188. The number of benzene rings is 2. The third kappa shape index (κ3) is 4.88. The van der Waals surface area contributed by atoms with Crippen LogP contribution in [0.4, 0.5) is 10.5 Å². The van der Waals surface area contributed by atoms with Gasteiger partial charge in [0.2, 0.25) is 0 Å². The first kappa shape index (κ1) is 15.5. The summed E-state index contributed by atoms with van der Waals surface area (Å²) < 4.78 is 6.17. The molecule has 110 valence electrons. The molecular weight excluding hydrogens is 332 g/mol. The smallest absolute Gasteiger partial charge is 0.411 e. The average molecular weight is 349 g/mol. The Hall–Kier alpha value is -1.85. The molecule has 0 saturated carbocycles. The van der Waals surface area contributed by atoms with Crippen molar-refractivity contribution in [2.24, 2.45) is 5.73 Å². The predicted molar refractivity (Wildman–Crippen MR) is 87.2 cm³/mol. The second-order valence-corrected chi connectivity index (χ2v) is 5.41. The van der Waals surface area contributed by atoms with Crippen molar-refractivity contribution in [3.05, 3.63) is 64.1 Å². The minimum Gasteiger partial charge on any atom is -0.449 e. The molecule has 0 aliphatic heterocycles. The van der Waals surface area contributed by atoms with Crippen LogP contribution in [0.2, 0.25) is 0 Å². The van der Waals surface area contributed by atoms with Crippen molar-refractivity contribution < 1.29 is 9.53 Å². The van der Waals surface area contributed by atoms with Crippen molar-refractivity contribution in [2.45, 2.75) is 13.0 Å². The summed E-state index contributed by atoms with van der Waals surface area (Å²) >= 11 is 3.41. The summed E-state index contributed by atoms with van der Waals surface area (Å²) in [6, 6.07) is 15.1. The van der Waals surface area contributed by atoms with Crippen LogP contribution >= 0.6 is 15.9 Å². The molecule has 0 aliphatic carbocycles. The molecule has 0 radical (unpaired) electrons. The van der Waals surface area contributed by atoms with Gasteiger partial charge in [-0.05, 0) is 35.4 Å². The van der Waals surface area contributed by atoms with E-state index in [-0.39, 0.29) is 0 Å². The molecule has 0 saturated heterocycles. The van der Waals surface area contributed by atoms with Crippen molar-refractivity contribution >= 4 is 27.7 Å². The van der Waals surface area contributed by atoms with Gasteiger partial charge < -0.3 is 10.5 Å². The van der Waals surface area contributed by atoms with Crippen molar-refractivity contribution in [3.8, 4) is 0 Å². The third-order valence-electron chi connectivity index (χ3n) is 3.01. The van der Waals surface area contributed by atoms with Gasteiger partial charge in [-0.2, -0.15) is 0 Å². The molecule has 0 bridgehead atoms. The van der Waals surface area contributed by atoms with E-state index in [1.807, 2.05) is 48.5 Å². The molecule has 0 fully saturated rings. The first-order valence-electron chi connectivity index (χ1n) is 6.65. The Balaban J connectivity index is 1.83. The number of amides is 1. The molecule has 5 heteroatoms. The second-order valence-electron chi connectivity index (χ2n) is 4.49. The number of para-hydroxylation sites is 1. The van der Waals surface area contributed by atoms with E-state index < -0.39 is 6.09 Å². The van der Waals surface area contributed by atoms with Gasteiger partial charge in [-0.25, -0.2) is 4.79 Å². The van der Waals surface area contributed by atoms with Crippen molar-refractivity contribution in [1.82, 2.24) is 0 Å². The summed E-state index contributed by atoms with van der Waals surface area (Å²) in [6.45, 7) is 0.776. The number of nitrogens with one attached hydrogen (secondary N) is 1. The molecule has 21 heavy (non-hydrogen) atoms. The predicted octanol–water partition coefficient (Wildman–Crippen LogP) is 3.70. The largest absolute Gasteiger partial charge is 0.449 e. The highest BCUT2D eigenvalue weighted by molar-refractivity contribution is 9.10. The van der Waals surface area contributed by atoms with Crippen molar-refractivity contribution in [1.29, 1.82) is 0 Å². The lowest BCUT2D eigenvalue weighted by Crippen LogP contribution is -2.15. The lowest BCUT2D eigenvalue weighted by molar-refractivity contribution is 0.163. The quantitative estimate of drug-likeness (QED) is 0.865. The van der Waals surface area contributed by atoms with Crippen LogP contribution in [-0.4, -0.2) is 12.7 Å². The summed E-state index contributed by atoms with van der Waals surface area (Å²) in [5, 5.41) is 2.67. The molecule has 0 spiro atoms. The summed E-state index contributed by atoms with van der Waals surface area (Å²) in [7, 11) is 0. The highest BCUT2D eigenvalue weighted by Gasteiger charge is 2.05. The van der Waals surface area contributed by atoms with E-state index in [9.17, 15) is 4.79 Å². The molecule has 0 atom stereocenters. The van der Waals surface area contributed by atoms with E-state index >= 15 is 0 Å². The Labute approximate surface area is 132 Å². The molecule has 0 aliphatic rings. The first-order chi connectivity index (χ1) is 10.2. The molecule has 2 aromatic carbocycles. The summed E-state index contributed by atoms with van der Waals surface area (Å²) in [5.74, 6) is 0. The van der Waals surface area contributed by atoms with E-state index in [0.717, 1.165) is 15.6 Å². The van der Waals surface area contributed by atoms with Crippen LogP contribution in [0.1, 0.15) is 11.1 Å². The fourth-order valence-corrected chi connectivity index (χ4v) is 2.37. The van der Waals surface area contributed by atoms with E-state index in [0.29, 0.717) is 25.3 Å². The summed E-state index contributed by atoms with van der Waals surface area (Å²) in [6.07, 6.45) is 0.190. The Bertz CT molecular complexity index is 602. The summed E-state index contributed by atoms with van der Waals surface area (Å²) in [4.78, 5) is 11.6. The number of ether oxygens (including phenoxy) is 1. The van der Waals surface area contributed by atoms with Gasteiger partial charge in [0, 0.05) is 23.1 Å². The molecule has 3 N–H and O–H groups in total. The normalized spacial score (nSPS) is 10.2. The lowest BCUT2D eigenvalue weighted by atomic mass is 10.1. The fourth-order valence-electron chi connectivity index (χ4n) is 1.96. The van der Waals surface area contributed by atoms with Gasteiger partial charge >= 0.3 is 6.09 Å². The highest BCUT2D eigenvalue weighted by Crippen LogP contribution is 2.17.